The van der Waals surface area contributed by atoms with Crippen LogP contribution in [0.25, 0.3) is 0 Å². The first kappa shape index (κ1) is 17.5. The van der Waals surface area contributed by atoms with Crippen molar-refractivity contribution in [1.82, 2.24) is 4.90 Å². The predicted octanol–water partition coefficient (Wildman–Crippen LogP) is 2.49. The summed E-state index contributed by atoms with van der Waals surface area (Å²) in [6, 6.07) is 15.0. The molecule has 2 aromatic rings. The molecule has 0 unspecified atom stereocenters. The van der Waals surface area contributed by atoms with Crippen LogP contribution in [0, 0.1) is 0 Å². The first-order valence-corrected chi connectivity index (χ1v) is 8.23. The van der Waals surface area contributed by atoms with Gasteiger partial charge in [0.15, 0.2) is 6.10 Å². The van der Waals surface area contributed by atoms with Crippen LogP contribution >= 0.6 is 0 Å². The third-order valence-corrected chi connectivity index (χ3v) is 4.15. The van der Waals surface area contributed by atoms with Gasteiger partial charge in [0.05, 0.1) is 17.5 Å². The standard InChI is InChI=1S/C20H17NO5/c1-13(18(23)14-7-3-2-4-8-14)26-17(22)11-12-21-19(24)15-9-5-6-10-16(15)20(21)25/h2-10,13H,11-12H2,1H3/t13-/m1/s1. The van der Waals surface area contributed by atoms with Crippen LogP contribution in [-0.4, -0.2) is 41.1 Å². The Bertz CT molecular complexity index is 840. The Morgan fingerprint density at radius 3 is 2.04 bits per heavy atom. The van der Waals surface area contributed by atoms with E-state index in [1.54, 1.807) is 54.6 Å². The van der Waals surface area contributed by atoms with Crippen molar-refractivity contribution in [3.05, 3.63) is 71.3 Å². The molecular formula is C20H17NO5. The second kappa shape index (κ2) is 7.31. The minimum absolute atomic E-state index is 0.0859. The predicted molar refractivity (Wildman–Crippen MR) is 92.8 cm³/mol. The fraction of sp³-hybridized carbons (Fsp3) is 0.200. The SMILES string of the molecule is C[C@@H](OC(=O)CCN1C(=O)c2ccccc2C1=O)C(=O)c1ccccc1. The zero-order valence-corrected chi connectivity index (χ0v) is 14.2. The van der Waals surface area contributed by atoms with Gasteiger partial charge in [0, 0.05) is 12.1 Å². The van der Waals surface area contributed by atoms with Crippen molar-refractivity contribution in [2.75, 3.05) is 6.54 Å². The highest BCUT2D eigenvalue weighted by Gasteiger charge is 2.35. The summed E-state index contributed by atoms with van der Waals surface area (Å²) in [6.45, 7) is 1.41. The molecule has 0 aromatic heterocycles. The molecule has 3 rings (SSSR count). The molecule has 1 heterocycles. The lowest BCUT2D eigenvalue weighted by atomic mass is 10.1. The Balaban J connectivity index is 1.56. The quantitative estimate of drug-likeness (QED) is 0.454. The van der Waals surface area contributed by atoms with Gasteiger partial charge in [-0.2, -0.15) is 0 Å². The molecule has 26 heavy (non-hydrogen) atoms. The van der Waals surface area contributed by atoms with E-state index in [0.29, 0.717) is 16.7 Å². The third kappa shape index (κ3) is 3.39. The summed E-state index contributed by atoms with van der Waals surface area (Å²) >= 11 is 0. The Morgan fingerprint density at radius 1 is 0.923 bits per heavy atom. The van der Waals surface area contributed by atoms with Crippen molar-refractivity contribution >= 4 is 23.6 Å². The van der Waals surface area contributed by atoms with Gasteiger partial charge in [-0.15, -0.1) is 0 Å². The fourth-order valence-electron chi connectivity index (χ4n) is 2.79. The van der Waals surface area contributed by atoms with Crippen molar-refractivity contribution in [1.29, 1.82) is 0 Å². The normalized spacial score (nSPS) is 14.1. The molecule has 0 N–H and O–H groups in total. The number of fused-ring (bicyclic) bond motifs is 1. The number of hydrogen-bond acceptors (Lipinski definition) is 5. The molecular weight excluding hydrogens is 334 g/mol. The summed E-state index contributed by atoms with van der Waals surface area (Å²) in [7, 11) is 0. The van der Waals surface area contributed by atoms with Crippen molar-refractivity contribution < 1.29 is 23.9 Å². The maximum absolute atomic E-state index is 12.2. The summed E-state index contributed by atoms with van der Waals surface area (Å²) in [6.07, 6.45) is -1.11. The molecule has 1 aliphatic rings. The van der Waals surface area contributed by atoms with Gasteiger partial charge < -0.3 is 4.74 Å². The molecule has 1 aliphatic heterocycles. The summed E-state index contributed by atoms with van der Waals surface area (Å²) in [5, 5.41) is 0. The van der Waals surface area contributed by atoms with Gasteiger partial charge >= 0.3 is 5.97 Å². The highest BCUT2D eigenvalue weighted by molar-refractivity contribution is 6.21. The van der Waals surface area contributed by atoms with E-state index >= 15 is 0 Å². The van der Waals surface area contributed by atoms with E-state index in [4.69, 9.17) is 4.74 Å². The first-order valence-electron chi connectivity index (χ1n) is 8.23. The second-order valence-electron chi connectivity index (χ2n) is 5.92. The van der Waals surface area contributed by atoms with Crippen LogP contribution in [0.1, 0.15) is 44.4 Å². The molecule has 0 bridgehead atoms. The highest BCUT2D eigenvalue weighted by atomic mass is 16.5. The Labute approximate surface area is 150 Å². The van der Waals surface area contributed by atoms with Gasteiger partial charge in [-0.1, -0.05) is 42.5 Å². The number of ether oxygens (including phenoxy) is 1. The van der Waals surface area contributed by atoms with Crippen LogP contribution in [0.2, 0.25) is 0 Å². The maximum Gasteiger partial charge on any atom is 0.308 e. The lowest BCUT2D eigenvalue weighted by Crippen LogP contribution is -2.33. The zero-order chi connectivity index (χ0) is 18.7. The topological polar surface area (TPSA) is 80.8 Å². The van der Waals surface area contributed by atoms with Crippen LogP contribution in [0.15, 0.2) is 54.6 Å². The van der Waals surface area contributed by atoms with E-state index in [2.05, 4.69) is 0 Å². The van der Waals surface area contributed by atoms with E-state index < -0.39 is 23.9 Å². The van der Waals surface area contributed by atoms with Crippen LogP contribution in [-0.2, 0) is 9.53 Å². The first-order chi connectivity index (χ1) is 12.5. The molecule has 2 amide bonds. The van der Waals surface area contributed by atoms with E-state index in [1.807, 2.05) is 0 Å². The van der Waals surface area contributed by atoms with Crippen molar-refractivity contribution in [2.24, 2.45) is 0 Å². The smallest absolute Gasteiger partial charge is 0.308 e. The molecule has 6 nitrogen and oxygen atoms in total. The third-order valence-electron chi connectivity index (χ3n) is 4.15. The number of amides is 2. The number of esters is 1. The molecule has 132 valence electrons. The molecule has 6 heteroatoms. The molecule has 0 radical (unpaired) electrons. The van der Waals surface area contributed by atoms with Crippen LogP contribution in [0.5, 0.6) is 0 Å². The number of rotatable bonds is 6. The number of Topliss-reactive ketones (excluding diaryl/α,β-unsaturated/α-hetero) is 1. The van der Waals surface area contributed by atoms with Gasteiger partial charge in [-0.25, -0.2) is 0 Å². The monoisotopic (exact) mass is 351 g/mol. The largest absolute Gasteiger partial charge is 0.454 e. The van der Waals surface area contributed by atoms with Gasteiger partial charge in [-0.3, -0.25) is 24.1 Å². The zero-order valence-electron chi connectivity index (χ0n) is 14.2. The lowest BCUT2D eigenvalue weighted by Gasteiger charge is -2.15. The minimum atomic E-state index is -0.938. The summed E-state index contributed by atoms with van der Waals surface area (Å²) in [5.41, 5.74) is 1.12. The highest BCUT2D eigenvalue weighted by Crippen LogP contribution is 2.22. The number of carbonyl (C=O) groups excluding carboxylic acids is 4. The molecule has 0 saturated carbocycles. The average Bonchev–Trinajstić information content (AvgIpc) is 2.91. The summed E-state index contributed by atoms with van der Waals surface area (Å²) in [4.78, 5) is 49.7. The summed E-state index contributed by atoms with van der Waals surface area (Å²) < 4.78 is 5.14. The van der Waals surface area contributed by atoms with E-state index in [0.717, 1.165) is 4.90 Å². The van der Waals surface area contributed by atoms with Crippen LogP contribution < -0.4 is 0 Å². The van der Waals surface area contributed by atoms with Crippen molar-refractivity contribution in [3.8, 4) is 0 Å². The number of ketones is 1. The van der Waals surface area contributed by atoms with Gasteiger partial charge in [0.25, 0.3) is 11.8 Å². The van der Waals surface area contributed by atoms with E-state index in [-0.39, 0.29) is 18.7 Å². The van der Waals surface area contributed by atoms with Gasteiger partial charge in [0.1, 0.15) is 0 Å². The van der Waals surface area contributed by atoms with Crippen LogP contribution in [0.4, 0.5) is 0 Å². The number of benzene rings is 2. The Morgan fingerprint density at radius 2 is 1.46 bits per heavy atom. The van der Waals surface area contributed by atoms with E-state index in [9.17, 15) is 19.2 Å². The minimum Gasteiger partial charge on any atom is -0.454 e. The van der Waals surface area contributed by atoms with Gasteiger partial charge in [-0.05, 0) is 19.1 Å². The van der Waals surface area contributed by atoms with Crippen molar-refractivity contribution in [3.63, 3.8) is 0 Å². The average molecular weight is 351 g/mol. The Kier molecular flexibility index (Phi) is 4.93. The fourth-order valence-corrected chi connectivity index (χ4v) is 2.79. The number of imide groups is 1. The molecule has 2 aromatic carbocycles. The molecule has 0 fully saturated rings. The Hall–Kier alpha value is -3.28. The number of hydrogen-bond donors (Lipinski definition) is 0. The van der Waals surface area contributed by atoms with Crippen LogP contribution in [0.3, 0.4) is 0 Å². The second-order valence-corrected chi connectivity index (χ2v) is 5.92. The number of carbonyl (C=O) groups is 4. The lowest BCUT2D eigenvalue weighted by molar-refractivity contribution is -0.146. The van der Waals surface area contributed by atoms with Gasteiger partial charge in [0.2, 0.25) is 5.78 Å². The maximum atomic E-state index is 12.2. The molecule has 0 spiro atoms. The molecule has 0 aliphatic carbocycles. The summed E-state index contributed by atoms with van der Waals surface area (Å²) in [5.74, 6) is -1.79. The molecule has 1 atom stereocenters. The van der Waals surface area contributed by atoms with Crippen molar-refractivity contribution in [2.45, 2.75) is 19.4 Å². The van der Waals surface area contributed by atoms with E-state index in [1.165, 1.54) is 6.92 Å². The number of nitrogens with zero attached hydrogens (tertiary/aromatic N) is 1. The molecule has 0 saturated heterocycles.